The molecule has 0 saturated carbocycles. The van der Waals surface area contributed by atoms with Crippen LogP contribution in [0.2, 0.25) is 0 Å². The highest BCUT2D eigenvalue weighted by molar-refractivity contribution is 7.89. The average Bonchev–Trinajstić information content (AvgIpc) is 2.22. The third-order valence-electron chi connectivity index (χ3n) is 1.87. The van der Waals surface area contributed by atoms with Gasteiger partial charge in [0.2, 0.25) is 10.0 Å². The number of sulfonamides is 1. The predicted octanol–water partition coefficient (Wildman–Crippen LogP) is 1.42. The number of hydrogen-bond acceptors (Lipinski definition) is 4. The Morgan fingerprint density at radius 3 is 2.71 bits per heavy atom. The van der Waals surface area contributed by atoms with Gasteiger partial charge in [-0.05, 0) is 32.2 Å². The molecule has 7 nitrogen and oxygen atoms in total. The van der Waals surface area contributed by atoms with Crippen LogP contribution in [0, 0.1) is 0 Å². The van der Waals surface area contributed by atoms with E-state index < -0.39 is 10.0 Å². The number of nitrogens with zero attached hydrogens (tertiary/aromatic N) is 3. The van der Waals surface area contributed by atoms with Gasteiger partial charge in [0.15, 0.2) is 0 Å². The summed E-state index contributed by atoms with van der Waals surface area (Å²) in [7, 11) is -3.25. The minimum absolute atomic E-state index is 0.0263. The standard InChI is InChI=1S/C9H20N4O3S/c1-9(2)16-7-8-17(14,15)12-6-4-3-5-11-13-10/h9,12H,3-8H2,1-2H3. The molecule has 0 aliphatic carbocycles. The van der Waals surface area contributed by atoms with Crippen molar-refractivity contribution in [3.8, 4) is 0 Å². The molecule has 0 fully saturated rings. The molecule has 0 heterocycles. The quantitative estimate of drug-likeness (QED) is 0.279. The summed E-state index contributed by atoms with van der Waals surface area (Å²) in [4.78, 5) is 2.61. The zero-order valence-corrected chi connectivity index (χ0v) is 11.1. The Hall–Kier alpha value is -0.820. The van der Waals surface area contributed by atoms with Gasteiger partial charge in [-0.25, -0.2) is 13.1 Å². The van der Waals surface area contributed by atoms with Crippen LogP contribution in [0.4, 0.5) is 0 Å². The van der Waals surface area contributed by atoms with E-state index in [2.05, 4.69) is 14.7 Å². The van der Waals surface area contributed by atoms with Crippen LogP contribution >= 0.6 is 0 Å². The lowest BCUT2D eigenvalue weighted by Gasteiger charge is -2.08. The number of rotatable bonds is 10. The molecule has 0 aromatic heterocycles. The van der Waals surface area contributed by atoms with Gasteiger partial charge in [0, 0.05) is 18.0 Å². The van der Waals surface area contributed by atoms with Crippen LogP contribution in [0.15, 0.2) is 5.11 Å². The molecule has 0 atom stereocenters. The topological polar surface area (TPSA) is 104 Å². The summed E-state index contributed by atoms with van der Waals surface area (Å²) in [5.74, 6) is -0.0263. The molecule has 17 heavy (non-hydrogen) atoms. The second kappa shape index (κ2) is 9.23. The van der Waals surface area contributed by atoms with E-state index in [1.165, 1.54) is 0 Å². The van der Waals surface area contributed by atoms with E-state index in [0.717, 1.165) is 0 Å². The van der Waals surface area contributed by atoms with Gasteiger partial charge in [0.1, 0.15) is 0 Å². The number of hydrogen-bond donors (Lipinski definition) is 1. The fourth-order valence-corrected chi connectivity index (χ4v) is 1.96. The van der Waals surface area contributed by atoms with Crippen molar-refractivity contribution in [2.75, 3.05) is 25.4 Å². The summed E-state index contributed by atoms with van der Waals surface area (Å²) in [6.07, 6.45) is 1.37. The Bertz CT molecular complexity index is 336. The van der Waals surface area contributed by atoms with Gasteiger partial charge >= 0.3 is 0 Å². The maximum absolute atomic E-state index is 11.4. The fourth-order valence-electron chi connectivity index (χ4n) is 1.05. The summed E-state index contributed by atoms with van der Waals surface area (Å²) in [5, 5.41) is 3.36. The molecule has 0 saturated heterocycles. The Morgan fingerprint density at radius 1 is 1.41 bits per heavy atom. The van der Waals surface area contributed by atoms with Gasteiger partial charge < -0.3 is 4.74 Å². The molecule has 0 aliphatic heterocycles. The van der Waals surface area contributed by atoms with E-state index >= 15 is 0 Å². The maximum atomic E-state index is 11.4. The highest BCUT2D eigenvalue weighted by Crippen LogP contribution is 1.93. The molecule has 0 rings (SSSR count). The van der Waals surface area contributed by atoms with E-state index in [0.29, 0.717) is 25.9 Å². The molecule has 0 amide bonds. The molecule has 0 aromatic carbocycles. The van der Waals surface area contributed by atoms with Crippen LogP contribution in [0.3, 0.4) is 0 Å². The average molecular weight is 264 g/mol. The molecule has 0 bridgehead atoms. The lowest BCUT2D eigenvalue weighted by molar-refractivity contribution is 0.0911. The van der Waals surface area contributed by atoms with Crippen molar-refractivity contribution in [3.05, 3.63) is 10.4 Å². The van der Waals surface area contributed by atoms with Crippen molar-refractivity contribution in [2.24, 2.45) is 5.11 Å². The molecule has 0 aliphatic rings. The molecule has 8 heteroatoms. The van der Waals surface area contributed by atoms with Crippen molar-refractivity contribution in [1.82, 2.24) is 4.72 Å². The highest BCUT2D eigenvalue weighted by atomic mass is 32.2. The summed E-state index contributed by atoms with van der Waals surface area (Å²) in [6.45, 7) is 4.68. The lowest BCUT2D eigenvalue weighted by atomic mass is 10.3. The van der Waals surface area contributed by atoms with Crippen molar-refractivity contribution in [3.63, 3.8) is 0 Å². The van der Waals surface area contributed by atoms with Crippen molar-refractivity contribution >= 4 is 10.0 Å². The fraction of sp³-hybridized carbons (Fsp3) is 1.00. The number of ether oxygens (including phenoxy) is 1. The second-order valence-corrected chi connectivity index (χ2v) is 5.72. The first-order chi connectivity index (χ1) is 7.98. The van der Waals surface area contributed by atoms with E-state index in [9.17, 15) is 8.42 Å². The monoisotopic (exact) mass is 264 g/mol. The summed E-state index contributed by atoms with van der Waals surface area (Å²) < 4.78 is 30.5. The van der Waals surface area contributed by atoms with Crippen LogP contribution in [-0.4, -0.2) is 40.0 Å². The molecule has 0 radical (unpaired) electrons. The van der Waals surface area contributed by atoms with Crippen LogP contribution in [0.25, 0.3) is 10.4 Å². The minimum Gasteiger partial charge on any atom is -0.378 e. The predicted molar refractivity (Wildman–Crippen MR) is 66.1 cm³/mol. The van der Waals surface area contributed by atoms with Gasteiger partial charge in [-0.3, -0.25) is 0 Å². The number of nitrogens with one attached hydrogen (secondary N) is 1. The van der Waals surface area contributed by atoms with E-state index in [4.69, 9.17) is 10.3 Å². The molecule has 100 valence electrons. The largest absolute Gasteiger partial charge is 0.378 e. The smallest absolute Gasteiger partial charge is 0.213 e. The molecular formula is C9H20N4O3S. The van der Waals surface area contributed by atoms with Crippen LogP contribution in [0.1, 0.15) is 26.7 Å². The molecule has 0 aromatic rings. The third kappa shape index (κ3) is 11.4. The Balaban J connectivity index is 3.60. The maximum Gasteiger partial charge on any atom is 0.213 e. The highest BCUT2D eigenvalue weighted by Gasteiger charge is 2.09. The molecule has 0 unspecified atom stereocenters. The van der Waals surface area contributed by atoms with E-state index in [1.54, 1.807) is 0 Å². The van der Waals surface area contributed by atoms with Gasteiger partial charge in [0.05, 0.1) is 18.5 Å². The zero-order valence-electron chi connectivity index (χ0n) is 10.3. The Kier molecular flexibility index (Phi) is 8.79. The zero-order chi connectivity index (χ0) is 13.1. The van der Waals surface area contributed by atoms with Gasteiger partial charge in [0.25, 0.3) is 0 Å². The summed E-state index contributed by atoms with van der Waals surface area (Å²) in [6, 6.07) is 0. The Labute approximate surface area is 102 Å². The first-order valence-corrected chi connectivity index (χ1v) is 7.23. The van der Waals surface area contributed by atoms with Gasteiger partial charge in [-0.15, -0.1) is 0 Å². The van der Waals surface area contributed by atoms with Crippen LogP contribution in [0.5, 0.6) is 0 Å². The van der Waals surface area contributed by atoms with Crippen LogP contribution in [-0.2, 0) is 14.8 Å². The molecular weight excluding hydrogens is 244 g/mol. The van der Waals surface area contributed by atoms with Gasteiger partial charge in [-0.2, -0.15) is 0 Å². The normalized spacial score (nSPS) is 11.5. The van der Waals surface area contributed by atoms with Crippen molar-refractivity contribution in [1.29, 1.82) is 0 Å². The first-order valence-electron chi connectivity index (χ1n) is 5.57. The second-order valence-electron chi connectivity index (χ2n) is 3.79. The van der Waals surface area contributed by atoms with Gasteiger partial charge in [-0.1, -0.05) is 5.11 Å². The van der Waals surface area contributed by atoms with Crippen LogP contribution < -0.4 is 4.72 Å². The number of azide groups is 1. The number of unbranched alkanes of at least 4 members (excludes halogenated alkanes) is 1. The SMILES string of the molecule is CC(C)OCCS(=O)(=O)NCCCCN=[N+]=[N-]. The summed E-state index contributed by atoms with van der Waals surface area (Å²) >= 11 is 0. The Morgan fingerprint density at radius 2 is 2.12 bits per heavy atom. The summed E-state index contributed by atoms with van der Waals surface area (Å²) in [5.41, 5.74) is 8.03. The molecule has 0 spiro atoms. The lowest BCUT2D eigenvalue weighted by Crippen LogP contribution is -2.29. The third-order valence-corrected chi connectivity index (χ3v) is 3.22. The molecule has 1 N–H and O–H groups in total. The van der Waals surface area contributed by atoms with E-state index in [1.807, 2.05) is 13.8 Å². The van der Waals surface area contributed by atoms with E-state index in [-0.39, 0.29) is 18.5 Å². The first kappa shape index (κ1) is 16.2. The van der Waals surface area contributed by atoms with Crippen molar-refractivity contribution < 1.29 is 13.2 Å². The van der Waals surface area contributed by atoms with Crippen molar-refractivity contribution in [2.45, 2.75) is 32.8 Å². The minimum atomic E-state index is -3.25.